The lowest BCUT2D eigenvalue weighted by atomic mass is 9.86. The molecule has 2 heterocycles. The molecule has 4 rings (SSSR count). The first kappa shape index (κ1) is 13.7. The minimum atomic E-state index is -0.0730. The molecule has 0 amide bonds. The Morgan fingerprint density at radius 2 is 2.09 bits per heavy atom. The van der Waals surface area contributed by atoms with Crippen molar-refractivity contribution >= 4 is 16.3 Å². The number of ether oxygens (including phenoxy) is 1. The topological polar surface area (TPSA) is 59.7 Å². The molecule has 5 nitrogen and oxygen atoms in total. The highest BCUT2D eigenvalue weighted by Crippen LogP contribution is 2.39. The lowest BCUT2D eigenvalue weighted by Gasteiger charge is -2.21. The number of aliphatic hydroxyl groups is 1. The smallest absolute Gasteiger partial charge is 0.213 e. The Balaban J connectivity index is 1.77. The van der Waals surface area contributed by atoms with E-state index in [0.717, 1.165) is 32.7 Å². The van der Waals surface area contributed by atoms with Gasteiger partial charge in [-0.15, -0.1) is 0 Å². The number of rotatable bonds is 4. The van der Waals surface area contributed by atoms with Crippen LogP contribution in [0.3, 0.4) is 0 Å². The van der Waals surface area contributed by atoms with Crippen molar-refractivity contribution in [2.24, 2.45) is 0 Å². The number of nitrogens with zero attached hydrogens (tertiary/aromatic N) is 3. The van der Waals surface area contributed by atoms with E-state index < -0.39 is 0 Å². The van der Waals surface area contributed by atoms with Crippen LogP contribution in [-0.4, -0.2) is 26.8 Å². The van der Waals surface area contributed by atoms with Crippen LogP contribution < -0.4 is 4.74 Å². The molecule has 1 N–H and O–H groups in total. The summed E-state index contributed by atoms with van der Waals surface area (Å²) in [5, 5.41) is 15.6. The van der Waals surface area contributed by atoms with Crippen molar-refractivity contribution in [3.63, 3.8) is 0 Å². The van der Waals surface area contributed by atoms with Crippen molar-refractivity contribution < 1.29 is 9.84 Å². The molecule has 0 spiro atoms. The highest BCUT2D eigenvalue weighted by atomic mass is 32.1. The van der Waals surface area contributed by atoms with Crippen LogP contribution >= 0.6 is 11.3 Å². The zero-order valence-corrected chi connectivity index (χ0v) is 13.1. The molecule has 114 valence electrons. The lowest BCUT2D eigenvalue weighted by molar-refractivity contribution is 0.274. The molecule has 1 fully saturated rings. The molecule has 1 saturated carbocycles. The fourth-order valence-corrected chi connectivity index (χ4v) is 3.83. The van der Waals surface area contributed by atoms with Gasteiger partial charge in [0.15, 0.2) is 0 Å². The largest absolute Gasteiger partial charge is 0.497 e. The molecule has 0 unspecified atom stereocenters. The molecule has 1 aliphatic carbocycles. The monoisotopic (exact) mass is 315 g/mol. The van der Waals surface area contributed by atoms with Gasteiger partial charge in [0.25, 0.3) is 0 Å². The second-order valence-corrected chi connectivity index (χ2v) is 6.54. The number of hydrogen-bond acceptors (Lipinski definition) is 5. The van der Waals surface area contributed by atoms with Crippen molar-refractivity contribution in [3.8, 4) is 17.0 Å². The van der Waals surface area contributed by atoms with Gasteiger partial charge in [-0.05, 0) is 37.1 Å². The van der Waals surface area contributed by atoms with Crippen LogP contribution in [0.25, 0.3) is 16.2 Å². The van der Waals surface area contributed by atoms with E-state index in [1.807, 2.05) is 24.3 Å². The summed E-state index contributed by atoms with van der Waals surface area (Å²) in [6.45, 7) is -0.0730. The molecule has 0 aliphatic heterocycles. The Bertz CT molecular complexity index is 803. The van der Waals surface area contributed by atoms with Gasteiger partial charge in [-0.25, -0.2) is 9.50 Å². The van der Waals surface area contributed by atoms with Crippen LogP contribution in [0.1, 0.15) is 35.9 Å². The van der Waals surface area contributed by atoms with Crippen LogP contribution in [0.2, 0.25) is 0 Å². The number of methoxy groups -OCH3 is 1. The van der Waals surface area contributed by atoms with Gasteiger partial charge in [0.05, 0.1) is 25.1 Å². The second kappa shape index (κ2) is 5.37. The number of hydrogen-bond donors (Lipinski definition) is 1. The standard InChI is InChI=1S/C16H17N3O2S/c1-21-12-7-5-10(6-8-12)14-13(9-20)19-16(17-14)22-15(18-19)11-3-2-4-11/h5-8,11,20H,2-4,9H2,1H3. The maximum Gasteiger partial charge on any atom is 0.213 e. The van der Waals surface area contributed by atoms with Gasteiger partial charge in [-0.2, -0.15) is 5.10 Å². The highest BCUT2D eigenvalue weighted by molar-refractivity contribution is 7.16. The number of imidazole rings is 1. The average molecular weight is 315 g/mol. The van der Waals surface area contributed by atoms with E-state index in [0.29, 0.717) is 5.92 Å². The molecule has 6 heteroatoms. The SMILES string of the molecule is COc1ccc(-c2nc3sc(C4CCC4)nn3c2CO)cc1. The van der Waals surface area contributed by atoms with Gasteiger partial charge < -0.3 is 9.84 Å². The summed E-state index contributed by atoms with van der Waals surface area (Å²) in [6, 6.07) is 7.71. The molecule has 3 aromatic rings. The zero-order valence-electron chi connectivity index (χ0n) is 12.3. The van der Waals surface area contributed by atoms with Gasteiger partial charge in [0.1, 0.15) is 10.8 Å². The molecule has 0 radical (unpaired) electrons. The van der Waals surface area contributed by atoms with Crippen molar-refractivity contribution in [3.05, 3.63) is 35.0 Å². The van der Waals surface area contributed by atoms with Gasteiger partial charge >= 0.3 is 0 Å². The van der Waals surface area contributed by atoms with Crippen molar-refractivity contribution in [1.82, 2.24) is 14.6 Å². The predicted molar refractivity (Wildman–Crippen MR) is 85.4 cm³/mol. The van der Waals surface area contributed by atoms with Gasteiger partial charge in [0, 0.05) is 11.5 Å². The van der Waals surface area contributed by atoms with Crippen LogP contribution in [0.4, 0.5) is 0 Å². The molecule has 1 aliphatic rings. The summed E-state index contributed by atoms with van der Waals surface area (Å²) >= 11 is 1.64. The quantitative estimate of drug-likeness (QED) is 0.803. The summed E-state index contributed by atoms with van der Waals surface area (Å²) in [6.07, 6.45) is 3.73. The van der Waals surface area contributed by atoms with Crippen LogP contribution in [0, 0.1) is 0 Å². The maximum absolute atomic E-state index is 9.77. The lowest BCUT2D eigenvalue weighted by Crippen LogP contribution is -2.09. The average Bonchev–Trinajstić information content (AvgIpc) is 3.02. The molecule has 0 saturated heterocycles. The Labute approximate surface area is 132 Å². The van der Waals surface area contributed by atoms with Crippen molar-refractivity contribution in [2.75, 3.05) is 7.11 Å². The third-order valence-corrected chi connectivity index (χ3v) is 5.35. The third-order valence-electron chi connectivity index (χ3n) is 4.28. The number of fused-ring (bicyclic) bond motifs is 1. The highest BCUT2D eigenvalue weighted by Gasteiger charge is 2.25. The van der Waals surface area contributed by atoms with Crippen molar-refractivity contribution in [1.29, 1.82) is 0 Å². The summed E-state index contributed by atoms with van der Waals surface area (Å²) in [5.74, 6) is 1.39. The molecule has 0 atom stereocenters. The van der Waals surface area contributed by atoms with E-state index in [2.05, 4.69) is 10.1 Å². The number of aromatic nitrogens is 3. The summed E-state index contributed by atoms with van der Waals surface area (Å²) in [7, 11) is 1.65. The van der Waals surface area contributed by atoms with E-state index in [-0.39, 0.29) is 6.61 Å². The van der Waals surface area contributed by atoms with Crippen LogP contribution in [0.15, 0.2) is 24.3 Å². The Morgan fingerprint density at radius 1 is 1.32 bits per heavy atom. The second-order valence-electron chi connectivity index (χ2n) is 5.56. The third kappa shape index (κ3) is 2.10. The molecular formula is C16H17N3O2S. The minimum absolute atomic E-state index is 0.0730. The molecule has 22 heavy (non-hydrogen) atoms. The number of aliphatic hydroxyl groups excluding tert-OH is 1. The van der Waals surface area contributed by atoms with Gasteiger partial charge in [-0.1, -0.05) is 17.8 Å². The normalized spacial score (nSPS) is 15.2. The zero-order chi connectivity index (χ0) is 15.1. The minimum Gasteiger partial charge on any atom is -0.497 e. The molecular weight excluding hydrogens is 298 g/mol. The van der Waals surface area contributed by atoms with E-state index in [9.17, 15) is 5.11 Å². The summed E-state index contributed by atoms with van der Waals surface area (Å²) < 4.78 is 6.98. The first-order valence-electron chi connectivity index (χ1n) is 7.43. The first-order chi connectivity index (χ1) is 10.8. The van der Waals surface area contributed by atoms with E-state index in [1.165, 1.54) is 19.3 Å². The Morgan fingerprint density at radius 3 is 2.68 bits per heavy atom. The predicted octanol–water partition coefficient (Wildman–Crippen LogP) is 3.23. The maximum atomic E-state index is 9.77. The Hall–Kier alpha value is -1.92. The van der Waals surface area contributed by atoms with Crippen LogP contribution in [0.5, 0.6) is 5.75 Å². The summed E-state index contributed by atoms with van der Waals surface area (Å²) in [4.78, 5) is 5.55. The van der Waals surface area contributed by atoms with Gasteiger partial charge in [-0.3, -0.25) is 0 Å². The van der Waals surface area contributed by atoms with Crippen molar-refractivity contribution in [2.45, 2.75) is 31.8 Å². The summed E-state index contributed by atoms with van der Waals surface area (Å²) in [5.41, 5.74) is 2.51. The molecule has 2 aromatic heterocycles. The van der Waals surface area contributed by atoms with E-state index in [4.69, 9.17) is 4.74 Å². The number of benzene rings is 1. The molecule has 0 bridgehead atoms. The van der Waals surface area contributed by atoms with E-state index in [1.54, 1.807) is 23.0 Å². The molecule has 1 aromatic carbocycles. The van der Waals surface area contributed by atoms with E-state index >= 15 is 0 Å². The Kier molecular flexibility index (Phi) is 3.35. The fourth-order valence-electron chi connectivity index (χ4n) is 2.75. The first-order valence-corrected chi connectivity index (χ1v) is 8.25. The van der Waals surface area contributed by atoms with Crippen LogP contribution in [-0.2, 0) is 6.61 Å². The fraction of sp³-hybridized carbons (Fsp3) is 0.375. The van der Waals surface area contributed by atoms with Gasteiger partial charge in [0.2, 0.25) is 4.96 Å².